The molecule has 0 unspecified atom stereocenters. The molecular weight excluding hydrogens is 677 g/mol. The van der Waals surface area contributed by atoms with Gasteiger partial charge in [-0.2, -0.15) is 9.61 Å². The number of ether oxygens (including phenoxy) is 2. The van der Waals surface area contributed by atoms with Gasteiger partial charge < -0.3 is 25.0 Å². The molecule has 4 rings (SSSR count). The van der Waals surface area contributed by atoms with E-state index in [9.17, 15) is 18.8 Å². The highest BCUT2D eigenvalue weighted by Crippen LogP contribution is 2.41. The van der Waals surface area contributed by atoms with Crippen LogP contribution in [0.25, 0.3) is 5.65 Å². The fraction of sp³-hybridized carbons (Fsp3) is 0.575. The van der Waals surface area contributed by atoms with Crippen molar-refractivity contribution in [2.24, 2.45) is 11.3 Å². The Hall–Kier alpha value is -4.68. The highest BCUT2D eigenvalue weighted by atomic mass is 19.1. The Morgan fingerprint density at radius 2 is 1.72 bits per heavy atom. The summed E-state index contributed by atoms with van der Waals surface area (Å²) in [4.78, 5) is 47.7. The number of halogens is 1. The SMILES string of the molecule is C=C(F)C(=O)Nc1cccc(CN(C(=O)OC(C)(C)C)c2cc(NCC(C)(C)[C@@H]3CCC(C)(C)N(C(=O)OC(C)(C)C)C3)nc3c(C(C)C)cnn23)c1. The summed E-state index contributed by atoms with van der Waals surface area (Å²) < 4.78 is 26.8. The number of aromatic nitrogens is 3. The van der Waals surface area contributed by atoms with Gasteiger partial charge in [0.2, 0.25) is 0 Å². The Bertz CT molecular complexity index is 1840. The molecular formula is C40H58FN7O5. The summed E-state index contributed by atoms with van der Waals surface area (Å²) in [5.74, 6) is -0.851. The lowest BCUT2D eigenvalue weighted by atomic mass is 9.71. The van der Waals surface area contributed by atoms with Gasteiger partial charge in [0.1, 0.15) is 22.8 Å². The highest BCUT2D eigenvalue weighted by molar-refractivity contribution is 6.01. The highest BCUT2D eigenvalue weighted by Gasteiger charge is 2.44. The van der Waals surface area contributed by atoms with E-state index in [-0.39, 0.29) is 35.4 Å². The number of piperidine rings is 1. The summed E-state index contributed by atoms with van der Waals surface area (Å²) in [6.07, 6.45) is 2.60. The third-order valence-corrected chi connectivity index (χ3v) is 9.45. The first-order chi connectivity index (χ1) is 24.4. The molecule has 1 aliphatic heterocycles. The first-order valence-electron chi connectivity index (χ1n) is 18.3. The molecule has 2 N–H and O–H groups in total. The van der Waals surface area contributed by atoms with Crippen molar-refractivity contribution in [1.29, 1.82) is 0 Å². The van der Waals surface area contributed by atoms with Gasteiger partial charge in [0.15, 0.2) is 11.5 Å². The van der Waals surface area contributed by atoms with Gasteiger partial charge in [-0.1, -0.05) is 46.4 Å². The smallest absolute Gasteiger partial charge is 0.416 e. The number of anilines is 3. The normalized spacial score (nSPS) is 16.3. The maximum atomic E-state index is 14.0. The summed E-state index contributed by atoms with van der Waals surface area (Å²) >= 11 is 0. The number of carbonyl (C=O) groups excluding carboxylic acids is 3. The zero-order valence-corrected chi connectivity index (χ0v) is 33.5. The number of nitrogens with zero attached hydrogens (tertiary/aromatic N) is 5. The fourth-order valence-corrected chi connectivity index (χ4v) is 6.30. The van der Waals surface area contributed by atoms with E-state index in [1.165, 1.54) is 4.90 Å². The molecule has 13 heteroatoms. The van der Waals surface area contributed by atoms with Crippen LogP contribution < -0.4 is 15.5 Å². The number of rotatable bonds is 10. The number of benzene rings is 1. The summed E-state index contributed by atoms with van der Waals surface area (Å²) in [7, 11) is 0. The van der Waals surface area contributed by atoms with E-state index in [0.29, 0.717) is 41.6 Å². The molecule has 3 aromatic rings. The topological polar surface area (TPSA) is 130 Å². The lowest BCUT2D eigenvalue weighted by molar-refractivity contribution is -0.114. The van der Waals surface area contributed by atoms with Crippen LogP contribution in [0.4, 0.5) is 31.3 Å². The molecule has 0 spiro atoms. The molecule has 1 aliphatic rings. The average molecular weight is 736 g/mol. The molecule has 1 fully saturated rings. The molecule has 1 saturated heterocycles. The van der Waals surface area contributed by atoms with Crippen molar-refractivity contribution in [3.8, 4) is 0 Å². The van der Waals surface area contributed by atoms with Crippen molar-refractivity contribution in [3.63, 3.8) is 0 Å². The number of nitrogens with one attached hydrogen (secondary N) is 2. The predicted molar refractivity (Wildman–Crippen MR) is 207 cm³/mol. The fourth-order valence-electron chi connectivity index (χ4n) is 6.30. The number of fused-ring (bicyclic) bond motifs is 1. The third kappa shape index (κ3) is 10.5. The lowest BCUT2D eigenvalue weighted by Crippen LogP contribution is -2.57. The predicted octanol–water partition coefficient (Wildman–Crippen LogP) is 9.08. The molecule has 0 bridgehead atoms. The Kier molecular flexibility index (Phi) is 11.9. The second-order valence-electron chi connectivity index (χ2n) is 17.6. The minimum Gasteiger partial charge on any atom is -0.444 e. The quantitative estimate of drug-likeness (QED) is 0.197. The standard InChI is InChI=1S/C40H58FN7O5/c1-25(2)30-21-43-48-32(46(35(50)52-37(4,5)6)22-27-15-14-16-29(19-27)44-34(49)26(3)41)20-31(45-33(30)48)42-24-39(10,11)28-17-18-40(12,13)47(23-28)36(51)53-38(7,8)9/h14-16,19-21,25,28H,3,17-18,22-24H2,1-2,4-13H3,(H,42,45)(H,44,49)/t28-/m1/s1. The number of carbonyl (C=O) groups is 3. The molecule has 2 aromatic heterocycles. The van der Waals surface area contributed by atoms with Crippen molar-refractivity contribution in [3.05, 3.63) is 60.1 Å². The number of likely N-dealkylation sites (tertiary alicyclic amines) is 1. The Morgan fingerprint density at radius 1 is 1.06 bits per heavy atom. The van der Waals surface area contributed by atoms with Gasteiger partial charge in [0.05, 0.1) is 12.7 Å². The molecule has 290 valence electrons. The average Bonchev–Trinajstić information content (AvgIpc) is 3.45. The van der Waals surface area contributed by atoms with Crippen molar-refractivity contribution in [1.82, 2.24) is 19.5 Å². The molecule has 0 radical (unpaired) electrons. The molecule has 1 aromatic carbocycles. The Labute approximate surface area is 313 Å². The third-order valence-electron chi connectivity index (χ3n) is 9.45. The van der Waals surface area contributed by atoms with Crippen molar-refractivity contribution in [2.45, 2.75) is 125 Å². The van der Waals surface area contributed by atoms with Gasteiger partial charge in [-0.05, 0) is 103 Å². The van der Waals surface area contributed by atoms with Crippen LogP contribution >= 0.6 is 0 Å². The molecule has 1 atom stereocenters. The van der Waals surface area contributed by atoms with Crippen molar-refractivity contribution >= 4 is 41.1 Å². The largest absolute Gasteiger partial charge is 0.444 e. The summed E-state index contributed by atoms with van der Waals surface area (Å²) in [6.45, 7) is 27.9. The molecule has 0 saturated carbocycles. The van der Waals surface area contributed by atoms with Gasteiger partial charge in [0.25, 0.3) is 5.91 Å². The lowest BCUT2D eigenvalue weighted by Gasteiger charge is -2.49. The summed E-state index contributed by atoms with van der Waals surface area (Å²) in [5.41, 5.74) is 0.463. The molecule has 53 heavy (non-hydrogen) atoms. The molecule has 3 heterocycles. The van der Waals surface area contributed by atoms with Crippen LogP contribution in [0.2, 0.25) is 0 Å². The van der Waals surface area contributed by atoms with Crippen LogP contribution in [0, 0.1) is 11.3 Å². The van der Waals surface area contributed by atoms with E-state index < -0.39 is 29.0 Å². The van der Waals surface area contributed by atoms with E-state index in [0.717, 1.165) is 18.4 Å². The van der Waals surface area contributed by atoms with Crippen LogP contribution in [0.3, 0.4) is 0 Å². The van der Waals surface area contributed by atoms with Crippen LogP contribution in [0.15, 0.2) is 48.9 Å². The Balaban J connectivity index is 1.71. The van der Waals surface area contributed by atoms with Crippen LogP contribution in [0.5, 0.6) is 0 Å². The summed E-state index contributed by atoms with van der Waals surface area (Å²) in [6, 6.07) is 8.56. The molecule has 3 amide bonds. The van der Waals surface area contributed by atoms with Gasteiger partial charge in [-0.25, -0.2) is 19.0 Å². The number of hydrogen-bond donors (Lipinski definition) is 2. The van der Waals surface area contributed by atoms with Gasteiger partial charge >= 0.3 is 12.2 Å². The summed E-state index contributed by atoms with van der Waals surface area (Å²) in [5, 5.41) is 10.7. The first-order valence-corrected chi connectivity index (χ1v) is 18.3. The zero-order chi connectivity index (χ0) is 39.7. The van der Waals surface area contributed by atoms with Crippen molar-refractivity contribution in [2.75, 3.05) is 28.6 Å². The van der Waals surface area contributed by atoms with Gasteiger partial charge in [0, 0.05) is 35.9 Å². The minimum absolute atomic E-state index is 0.0362. The van der Waals surface area contributed by atoms with E-state index in [4.69, 9.17) is 14.5 Å². The number of amides is 3. The van der Waals surface area contributed by atoms with E-state index in [2.05, 4.69) is 63.9 Å². The van der Waals surface area contributed by atoms with Crippen molar-refractivity contribution < 1.29 is 28.2 Å². The Morgan fingerprint density at radius 3 is 2.32 bits per heavy atom. The van der Waals surface area contributed by atoms with Crippen LogP contribution in [-0.2, 0) is 20.8 Å². The van der Waals surface area contributed by atoms with Crippen LogP contribution in [-0.4, -0.2) is 67.4 Å². The second kappa shape index (κ2) is 15.4. The van der Waals surface area contributed by atoms with E-state index >= 15 is 0 Å². The van der Waals surface area contributed by atoms with E-state index in [1.54, 1.807) is 61.8 Å². The zero-order valence-electron chi connectivity index (χ0n) is 33.5. The second-order valence-corrected chi connectivity index (χ2v) is 17.6. The van der Waals surface area contributed by atoms with Gasteiger partial charge in [-0.15, -0.1) is 0 Å². The number of hydrogen-bond acceptors (Lipinski definition) is 8. The van der Waals surface area contributed by atoms with Crippen LogP contribution in [0.1, 0.15) is 113 Å². The molecule has 12 nitrogen and oxygen atoms in total. The monoisotopic (exact) mass is 735 g/mol. The maximum absolute atomic E-state index is 14.0. The molecule has 0 aliphatic carbocycles. The first kappa shape index (κ1) is 41.1. The van der Waals surface area contributed by atoms with Gasteiger partial charge in [-0.3, -0.25) is 9.69 Å². The minimum atomic E-state index is -1.11. The van der Waals surface area contributed by atoms with E-state index in [1.807, 2.05) is 25.7 Å². The maximum Gasteiger partial charge on any atom is 0.416 e.